The first-order valence-corrected chi connectivity index (χ1v) is 5.83. The quantitative estimate of drug-likeness (QED) is 0.850. The normalized spacial score (nSPS) is 11.2. The molecule has 0 amide bonds. The van der Waals surface area contributed by atoms with Gasteiger partial charge in [-0.3, -0.25) is 4.90 Å². The minimum atomic E-state index is 0.127. The van der Waals surface area contributed by atoms with Gasteiger partial charge in [-0.15, -0.1) is 11.3 Å². The zero-order valence-corrected chi connectivity index (χ0v) is 9.78. The summed E-state index contributed by atoms with van der Waals surface area (Å²) in [4.78, 5) is 7.21. The van der Waals surface area contributed by atoms with E-state index in [1.165, 1.54) is 0 Å². The average molecular weight is 239 g/mol. The Hall–Kier alpha value is -1.24. The van der Waals surface area contributed by atoms with Crippen LogP contribution in [-0.2, 0) is 6.54 Å². The van der Waals surface area contributed by atoms with Crippen molar-refractivity contribution in [1.29, 1.82) is 0 Å². The second-order valence-electron chi connectivity index (χ2n) is 3.45. The number of hydrogen-bond acceptors (Lipinski definition) is 6. The van der Waals surface area contributed by atoms with Crippen LogP contribution in [0, 0.1) is 0 Å². The monoisotopic (exact) mass is 239 g/mol. The van der Waals surface area contributed by atoms with Gasteiger partial charge in [0.05, 0.1) is 18.0 Å². The highest BCUT2D eigenvalue weighted by atomic mass is 32.1. The summed E-state index contributed by atoms with van der Waals surface area (Å²) < 4.78 is 5.13. The van der Waals surface area contributed by atoms with Gasteiger partial charge in [-0.1, -0.05) is 11.2 Å². The van der Waals surface area contributed by atoms with E-state index in [1.807, 2.05) is 29.5 Å². The zero-order chi connectivity index (χ0) is 11.4. The molecule has 5 nitrogen and oxygen atoms in total. The predicted molar refractivity (Wildman–Crippen MR) is 61.0 cm³/mol. The first-order chi connectivity index (χ1) is 7.79. The Balaban J connectivity index is 2.03. The van der Waals surface area contributed by atoms with Crippen LogP contribution in [0.2, 0.25) is 0 Å². The Morgan fingerprint density at radius 3 is 3.12 bits per heavy atom. The molecule has 0 aliphatic carbocycles. The number of thiophene rings is 1. The molecule has 0 saturated heterocycles. The highest BCUT2D eigenvalue weighted by Crippen LogP contribution is 2.21. The number of aliphatic hydroxyl groups excluding tert-OH is 1. The minimum absolute atomic E-state index is 0.127. The Kier molecular flexibility index (Phi) is 3.66. The summed E-state index contributed by atoms with van der Waals surface area (Å²) in [5.41, 5.74) is 0. The fourth-order valence-electron chi connectivity index (χ4n) is 1.31. The average Bonchev–Trinajstić information content (AvgIpc) is 2.86. The van der Waals surface area contributed by atoms with Gasteiger partial charge >= 0.3 is 0 Å². The SMILES string of the molecule is CN(CCO)Cc1nc(-c2cccs2)no1. The van der Waals surface area contributed by atoms with E-state index in [0.717, 1.165) is 4.88 Å². The second-order valence-corrected chi connectivity index (χ2v) is 4.40. The molecule has 1 N–H and O–H groups in total. The molecule has 2 rings (SSSR count). The molecule has 0 unspecified atom stereocenters. The maximum atomic E-state index is 8.76. The summed E-state index contributed by atoms with van der Waals surface area (Å²) in [6.07, 6.45) is 0. The molecule has 0 radical (unpaired) electrons. The van der Waals surface area contributed by atoms with Crippen molar-refractivity contribution in [3.8, 4) is 10.7 Å². The minimum Gasteiger partial charge on any atom is -0.395 e. The molecule has 0 bridgehead atoms. The summed E-state index contributed by atoms with van der Waals surface area (Å²) in [6, 6.07) is 3.91. The molecule has 0 spiro atoms. The molecule has 0 atom stereocenters. The number of aliphatic hydroxyl groups is 1. The van der Waals surface area contributed by atoms with Gasteiger partial charge < -0.3 is 9.63 Å². The molecule has 16 heavy (non-hydrogen) atoms. The third-order valence-electron chi connectivity index (χ3n) is 2.10. The van der Waals surface area contributed by atoms with E-state index < -0.39 is 0 Å². The lowest BCUT2D eigenvalue weighted by Gasteiger charge is -2.10. The highest BCUT2D eigenvalue weighted by molar-refractivity contribution is 7.13. The van der Waals surface area contributed by atoms with Crippen molar-refractivity contribution in [2.75, 3.05) is 20.2 Å². The first kappa shape index (κ1) is 11.3. The van der Waals surface area contributed by atoms with E-state index >= 15 is 0 Å². The van der Waals surface area contributed by atoms with E-state index in [2.05, 4.69) is 10.1 Å². The number of likely N-dealkylation sites (N-methyl/N-ethyl adjacent to an activating group) is 1. The van der Waals surface area contributed by atoms with Crippen LogP contribution in [-0.4, -0.2) is 40.3 Å². The maximum absolute atomic E-state index is 8.76. The standard InChI is InChI=1S/C10H13N3O2S/c1-13(4-5-14)7-9-11-10(12-15-9)8-3-2-6-16-8/h2-3,6,14H,4-5,7H2,1H3. The molecule has 0 aliphatic heterocycles. The first-order valence-electron chi connectivity index (χ1n) is 4.95. The van der Waals surface area contributed by atoms with Crippen molar-refractivity contribution in [2.45, 2.75) is 6.54 Å². The Labute approximate surface area is 97.3 Å². The van der Waals surface area contributed by atoms with E-state index in [4.69, 9.17) is 9.63 Å². The maximum Gasteiger partial charge on any atom is 0.241 e. The van der Waals surface area contributed by atoms with Crippen molar-refractivity contribution in [2.24, 2.45) is 0 Å². The third kappa shape index (κ3) is 2.66. The van der Waals surface area contributed by atoms with Gasteiger partial charge in [0.25, 0.3) is 0 Å². The lowest BCUT2D eigenvalue weighted by atomic mass is 10.4. The summed E-state index contributed by atoms with van der Waals surface area (Å²) in [6.45, 7) is 1.28. The fourth-order valence-corrected chi connectivity index (χ4v) is 1.95. The lowest BCUT2D eigenvalue weighted by Crippen LogP contribution is -2.21. The molecule has 2 aromatic heterocycles. The molecule has 2 aromatic rings. The Morgan fingerprint density at radius 2 is 2.44 bits per heavy atom. The van der Waals surface area contributed by atoms with Crippen LogP contribution >= 0.6 is 11.3 Å². The summed E-state index contributed by atoms with van der Waals surface area (Å²) in [7, 11) is 1.89. The molecule has 0 saturated carbocycles. The van der Waals surface area contributed by atoms with E-state index in [1.54, 1.807) is 11.3 Å². The van der Waals surface area contributed by atoms with Gasteiger partial charge in [0.15, 0.2) is 0 Å². The van der Waals surface area contributed by atoms with Crippen molar-refractivity contribution in [1.82, 2.24) is 15.0 Å². The third-order valence-corrected chi connectivity index (χ3v) is 2.96. The molecule has 0 aliphatic rings. The molecule has 0 fully saturated rings. The van der Waals surface area contributed by atoms with Crippen LogP contribution in [0.5, 0.6) is 0 Å². The largest absolute Gasteiger partial charge is 0.395 e. The highest BCUT2D eigenvalue weighted by Gasteiger charge is 2.10. The van der Waals surface area contributed by atoms with Gasteiger partial charge in [0.2, 0.25) is 11.7 Å². The van der Waals surface area contributed by atoms with E-state index in [9.17, 15) is 0 Å². The van der Waals surface area contributed by atoms with Crippen molar-refractivity contribution < 1.29 is 9.63 Å². The van der Waals surface area contributed by atoms with Gasteiger partial charge in [-0.2, -0.15) is 4.98 Å². The fraction of sp³-hybridized carbons (Fsp3) is 0.400. The van der Waals surface area contributed by atoms with Gasteiger partial charge in [-0.05, 0) is 18.5 Å². The number of rotatable bonds is 5. The van der Waals surface area contributed by atoms with Gasteiger partial charge in [-0.25, -0.2) is 0 Å². The zero-order valence-electron chi connectivity index (χ0n) is 8.96. The van der Waals surface area contributed by atoms with Crippen molar-refractivity contribution in [3.05, 3.63) is 23.4 Å². The van der Waals surface area contributed by atoms with Crippen molar-refractivity contribution in [3.63, 3.8) is 0 Å². The molecular formula is C10H13N3O2S. The summed E-state index contributed by atoms with van der Waals surface area (Å²) >= 11 is 1.58. The topological polar surface area (TPSA) is 62.4 Å². The molecule has 86 valence electrons. The van der Waals surface area contributed by atoms with Gasteiger partial charge in [0.1, 0.15) is 0 Å². The van der Waals surface area contributed by atoms with Crippen LogP contribution in [0.3, 0.4) is 0 Å². The van der Waals surface area contributed by atoms with Crippen LogP contribution in [0.15, 0.2) is 22.0 Å². The molecule has 2 heterocycles. The summed E-state index contributed by atoms with van der Waals surface area (Å²) in [5.74, 6) is 1.20. The van der Waals surface area contributed by atoms with E-state index in [-0.39, 0.29) is 6.61 Å². The Bertz CT molecular complexity index is 427. The summed E-state index contributed by atoms with van der Waals surface area (Å²) in [5, 5.41) is 14.6. The second kappa shape index (κ2) is 5.20. The molecule has 0 aromatic carbocycles. The number of aromatic nitrogens is 2. The van der Waals surface area contributed by atoms with Crippen LogP contribution in [0.4, 0.5) is 0 Å². The molecule has 6 heteroatoms. The smallest absolute Gasteiger partial charge is 0.241 e. The van der Waals surface area contributed by atoms with Crippen molar-refractivity contribution >= 4 is 11.3 Å². The molecular weight excluding hydrogens is 226 g/mol. The number of hydrogen-bond donors (Lipinski definition) is 1. The van der Waals surface area contributed by atoms with Crippen LogP contribution < -0.4 is 0 Å². The van der Waals surface area contributed by atoms with Crippen LogP contribution in [0.25, 0.3) is 10.7 Å². The van der Waals surface area contributed by atoms with E-state index in [0.29, 0.717) is 24.8 Å². The Morgan fingerprint density at radius 1 is 1.56 bits per heavy atom. The number of nitrogens with zero attached hydrogens (tertiary/aromatic N) is 3. The lowest BCUT2D eigenvalue weighted by molar-refractivity contribution is 0.200. The predicted octanol–water partition coefficient (Wildman–Crippen LogP) is 1.22. The van der Waals surface area contributed by atoms with Gasteiger partial charge in [0, 0.05) is 6.54 Å². The van der Waals surface area contributed by atoms with Crippen LogP contribution in [0.1, 0.15) is 5.89 Å².